The van der Waals surface area contributed by atoms with Crippen LogP contribution in [0.4, 0.5) is 5.69 Å². The number of anilines is 1. The topological polar surface area (TPSA) is 37.4 Å². The fraction of sp³-hybridized carbons (Fsp3) is 0.688. The summed E-state index contributed by atoms with van der Waals surface area (Å²) < 4.78 is 5.88. The molecule has 4 nitrogen and oxygen atoms in total. The number of nitrogens with one attached hydrogen (secondary N) is 1. The first-order valence-electron chi connectivity index (χ1n) is 7.51. The zero-order valence-electron chi connectivity index (χ0n) is 13.7. The minimum absolute atomic E-state index is 0.0171. The minimum atomic E-state index is -0.0171. The molecule has 20 heavy (non-hydrogen) atoms. The Morgan fingerprint density at radius 3 is 2.60 bits per heavy atom. The molecule has 1 atom stereocenters. The van der Waals surface area contributed by atoms with Crippen molar-refractivity contribution in [1.29, 1.82) is 0 Å². The van der Waals surface area contributed by atoms with Gasteiger partial charge >= 0.3 is 0 Å². The summed E-state index contributed by atoms with van der Waals surface area (Å²) in [4.78, 5) is 6.71. The molecule has 1 unspecified atom stereocenters. The Balaban J connectivity index is 0.000000956. The van der Waals surface area contributed by atoms with Crippen molar-refractivity contribution in [3.63, 3.8) is 0 Å². The van der Waals surface area contributed by atoms with Gasteiger partial charge in [0.15, 0.2) is 0 Å². The van der Waals surface area contributed by atoms with E-state index in [0.29, 0.717) is 0 Å². The molecule has 0 amide bonds. The third-order valence-electron chi connectivity index (χ3n) is 3.78. The maximum atomic E-state index is 5.88. The number of aryl methyl sites for hydroxylation is 1. The van der Waals surface area contributed by atoms with E-state index >= 15 is 0 Å². The SMILES string of the molecule is CC.CNC(C)(C)C1CN(c2ccc(C)nc2)CCO1. The second-order valence-corrected chi connectivity index (χ2v) is 5.43. The molecule has 2 heterocycles. The molecule has 1 aliphatic rings. The van der Waals surface area contributed by atoms with Gasteiger partial charge in [0.1, 0.15) is 0 Å². The molecule has 1 saturated heterocycles. The molecule has 2 rings (SSSR count). The van der Waals surface area contributed by atoms with Crippen LogP contribution in [0.1, 0.15) is 33.4 Å². The van der Waals surface area contributed by atoms with E-state index in [2.05, 4.69) is 41.2 Å². The number of aromatic nitrogens is 1. The summed E-state index contributed by atoms with van der Waals surface area (Å²) in [6.07, 6.45) is 2.14. The average Bonchev–Trinajstić information content (AvgIpc) is 2.50. The maximum absolute atomic E-state index is 5.88. The summed E-state index contributed by atoms with van der Waals surface area (Å²) in [6, 6.07) is 4.19. The smallest absolute Gasteiger partial charge is 0.0926 e. The number of morpholine rings is 1. The molecule has 1 aromatic rings. The zero-order valence-corrected chi connectivity index (χ0v) is 13.7. The lowest BCUT2D eigenvalue weighted by atomic mass is 9.96. The van der Waals surface area contributed by atoms with E-state index in [1.807, 2.05) is 34.0 Å². The maximum Gasteiger partial charge on any atom is 0.0926 e. The van der Waals surface area contributed by atoms with Gasteiger partial charge in [0.05, 0.1) is 24.6 Å². The summed E-state index contributed by atoms with van der Waals surface area (Å²) in [5.74, 6) is 0. The van der Waals surface area contributed by atoms with Crippen molar-refractivity contribution in [2.75, 3.05) is 31.6 Å². The van der Waals surface area contributed by atoms with Crippen LogP contribution < -0.4 is 10.2 Å². The molecule has 0 aromatic carbocycles. The fourth-order valence-corrected chi connectivity index (χ4v) is 2.13. The van der Waals surface area contributed by atoms with E-state index < -0.39 is 0 Å². The Bertz CT molecular complexity index is 389. The summed E-state index contributed by atoms with van der Waals surface area (Å²) in [5.41, 5.74) is 2.22. The first-order chi connectivity index (χ1) is 9.53. The van der Waals surface area contributed by atoms with E-state index in [-0.39, 0.29) is 11.6 Å². The predicted octanol–water partition coefficient (Wildman–Crippen LogP) is 2.62. The van der Waals surface area contributed by atoms with Crippen LogP contribution in [0.5, 0.6) is 0 Å². The van der Waals surface area contributed by atoms with Gasteiger partial charge in [-0.05, 0) is 40.0 Å². The lowest BCUT2D eigenvalue weighted by Gasteiger charge is -2.42. The molecule has 0 radical (unpaired) electrons. The van der Waals surface area contributed by atoms with Crippen LogP contribution >= 0.6 is 0 Å². The monoisotopic (exact) mass is 279 g/mol. The highest BCUT2D eigenvalue weighted by Crippen LogP contribution is 2.22. The highest BCUT2D eigenvalue weighted by Gasteiger charge is 2.33. The van der Waals surface area contributed by atoms with E-state index in [4.69, 9.17) is 4.74 Å². The molecule has 0 bridgehead atoms. The van der Waals surface area contributed by atoms with Crippen molar-refractivity contribution in [1.82, 2.24) is 10.3 Å². The highest BCUT2D eigenvalue weighted by atomic mass is 16.5. The Labute approximate surface area is 123 Å². The fourth-order valence-electron chi connectivity index (χ4n) is 2.13. The number of hydrogen-bond acceptors (Lipinski definition) is 4. The van der Waals surface area contributed by atoms with Crippen LogP contribution in [0.3, 0.4) is 0 Å². The van der Waals surface area contributed by atoms with E-state index in [9.17, 15) is 0 Å². The van der Waals surface area contributed by atoms with Gasteiger partial charge < -0.3 is 15.0 Å². The van der Waals surface area contributed by atoms with Gasteiger partial charge in [-0.3, -0.25) is 4.98 Å². The number of ether oxygens (including phenoxy) is 1. The van der Waals surface area contributed by atoms with Gasteiger partial charge in [-0.2, -0.15) is 0 Å². The lowest BCUT2D eigenvalue weighted by Crippen LogP contribution is -2.57. The van der Waals surface area contributed by atoms with Gasteiger partial charge in [0.2, 0.25) is 0 Å². The van der Waals surface area contributed by atoms with E-state index in [0.717, 1.165) is 25.4 Å². The molecular formula is C16H29N3O. The first kappa shape index (κ1) is 16.9. The molecule has 1 N–H and O–H groups in total. The van der Waals surface area contributed by atoms with Crippen molar-refractivity contribution in [2.45, 2.75) is 46.3 Å². The summed E-state index contributed by atoms with van der Waals surface area (Å²) in [5, 5.41) is 3.32. The number of rotatable bonds is 3. The van der Waals surface area contributed by atoms with Crippen LogP contribution in [-0.2, 0) is 4.74 Å². The van der Waals surface area contributed by atoms with Crippen molar-refractivity contribution in [3.8, 4) is 0 Å². The molecule has 0 spiro atoms. The second-order valence-electron chi connectivity index (χ2n) is 5.43. The number of pyridine rings is 1. The molecule has 0 saturated carbocycles. The Hall–Kier alpha value is -1.13. The molecule has 4 heteroatoms. The van der Waals surface area contributed by atoms with Crippen molar-refractivity contribution in [3.05, 3.63) is 24.0 Å². The number of nitrogens with zero attached hydrogens (tertiary/aromatic N) is 2. The van der Waals surface area contributed by atoms with Gasteiger partial charge in [0, 0.05) is 24.3 Å². The van der Waals surface area contributed by atoms with Gasteiger partial charge in [-0.1, -0.05) is 13.8 Å². The average molecular weight is 279 g/mol. The number of hydrogen-bond donors (Lipinski definition) is 1. The molecule has 1 fully saturated rings. The predicted molar refractivity (Wildman–Crippen MR) is 85.4 cm³/mol. The molecule has 0 aliphatic carbocycles. The Kier molecular flexibility index (Phi) is 6.43. The summed E-state index contributed by atoms with van der Waals surface area (Å²) >= 11 is 0. The third-order valence-corrected chi connectivity index (χ3v) is 3.78. The largest absolute Gasteiger partial charge is 0.373 e. The van der Waals surface area contributed by atoms with Crippen LogP contribution in [0.2, 0.25) is 0 Å². The standard InChI is InChI=1S/C14H23N3O.C2H6/c1-11-5-6-12(9-16-11)17-7-8-18-13(10-17)14(2,3)15-4;1-2/h5-6,9,13,15H,7-8,10H2,1-4H3;1-2H3. The molecule has 1 aromatic heterocycles. The Morgan fingerprint density at radius 2 is 2.05 bits per heavy atom. The van der Waals surface area contributed by atoms with E-state index in [1.165, 1.54) is 5.69 Å². The number of likely N-dealkylation sites (N-methyl/N-ethyl adjacent to an activating group) is 1. The Morgan fingerprint density at radius 1 is 1.35 bits per heavy atom. The van der Waals surface area contributed by atoms with Crippen molar-refractivity contribution < 1.29 is 4.74 Å². The molecule has 114 valence electrons. The van der Waals surface area contributed by atoms with Gasteiger partial charge in [0.25, 0.3) is 0 Å². The lowest BCUT2D eigenvalue weighted by molar-refractivity contribution is -0.0103. The third kappa shape index (κ3) is 4.18. The minimum Gasteiger partial charge on any atom is -0.373 e. The summed E-state index contributed by atoms with van der Waals surface area (Å²) in [6.45, 7) is 13.0. The molecular weight excluding hydrogens is 250 g/mol. The first-order valence-corrected chi connectivity index (χ1v) is 7.51. The van der Waals surface area contributed by atoms with Crippen molar-refractivity contribution in [2.24, 2.45) is 0 Å². The summed E-state index contributed by atoms with van der Waals surface area (Å²) in [7, 11) is 1.98. The van der Waals surface area contributed by atoms with Crippen molar-refractivity contribution >= 4 is 5.69 Å². The van der Waals surface area contributed by atoms with Crippen LogP contribution in [0.15, 0.2) is 18.3 Å². The second kappa shape index (κ2) is 7.60. The van der Waals surface area contributed by atoms with Crippen LogP contribution in [0.25, 0.3) is 0 Å². The quantitative estimate of drug-likeness (QED) is 0.923. The highest BCUT2D eigenvalue weighted by molar-refractivity contribution is 5.45. The van der Waals surface area contributed by atoms with Gasteiger partial charge in [-0.25, -0.2) is 0 Å². The van der Waals surface area contributed by atoms with Crippen LogP contribution in [0, 0.1) is 6.92 Å². The van der Waals surface area contributed by atoms with Gasteiger partial charge in [-0.15, -0.1) is 0 Å². The van der Waals surface area contributed by atoms with Crippen LogP contribution in [-0.4, -0.2) is 43.4 Å². The van der Waals surface area contributed by atoms with E-state index in [1.54, 1.807) is 0 Å². The normalized spacial score (nSPS) is 19.3. The molecule has 1 aliphatic heterocycles. The zero-order chi connectivity index (χ0) is 15.2.